The van der Waals surface area contributed by atoms with Crippen molar-refractivity contribution in [2.24, 2.45) is 5.10 Å². The molecular formula is C27H25Cl2F3N4O2. The van der Waals surface area contributed by atoms with Gasteiger partial charge in [0.25, 0.3) is 11.3 Å². The summed E-state index contributed by atoms with van der Waals surface area (Å²) in [6, 6.07) is 10.1. The first-order chi connectivity index (χ1) is 17.9. The maximum atomic E-state index is 12.2. The number of hydrazone groups is 1. The molecule has 0 aliphatic carbocycles. The Morgan fingerprint density at radius 2 is 1.58 bits per heavy atom. The molecule has 1 heterocycles. The van der Waals surface area contributed by atoms with Crippen molar-refractivity contribution in [3.8, 4) is 5.69 Å². The molecule has 0 aliphatic rings. The summed E-state index contributed by atoms with van der Waals surface area (Å²) in [5, 5.41) is 8.55. The highest BCUT2D eigenvalue weighted by atomic mass is 35.5. The van der Waals surface area contributed by atoms with Crippen LogP contribution in [0.2, 0.25) is 10.0 Å². The predicted octanol–water partition coefficient (Wildman–Crippen LogP) is 7.44. The molecule has 0 aliphatic heterocycles. The number of aromatic nitrogens is 2. The van der Waals surface area contributed by atoms with Gasteiger partial charge in [0.15, 0.2) is 0 Å². The van der Waals surface area contributed by atoms with Crippen molar-refractivity contribution >= 4 is 53.0 Å². The first kappa shape index (κ1) is 30.5. The summed E-state index contributed by atoms with van der Waals surface area (Å²) < 4.78 is 37.1. The Balaban J connectivity index is 0.000000267. The van der Waals surface area contributed by atoms with E-state index in [9.17, 15) is 22.8 Å². The lowest BCUT2D eigenvalue weighted by Gasteiger charge is -2.08. The zero-order valence-corrected chi connectivity index (χ0v) is 22.5. The van der Waals surface area contributed by atoms with Gasteiger partial charge >= 0.3 is 6.18 Å². The van der Waals surface area contributed by atoms with Gasteiger partial charge in [-0.15, -0.1) is 0 Å². The number of hydrogen-bond donors (Lipinski definition) is 1. The third kappa shape index (κ3) is 8.43. The monoisotopic (exact) mass is 564 g/mol. The minimum atomic E-state index is -4.92. The van der Waals surface area contributed by atoms with Gasteiger partial charge in [0.05, 0.1) is 23.8 Å². The molecule has 0 radical (unpaired) electrons. The van der Waals surface area contributed by atoms with E-state index in [1.165, 1.54) is 10.7 Å². The van der Waals surface area contributed by atoms with Crippen LogP contribution in [0.3, 0.4) is 0 Å². The van der Waals surface area contributed by atoms with Crippen molar-refractivity contribution in [2.75, 3.05) is 5.43 Å². The average Bonchev–Trinajstić information content (AvgIpc) is 2.86. The topological polar surface area (TPSA) is 76.3 Å². The van der Waals surface area contributed by atoms with Gasteiger partial charge in [-0.1, -0.05) is 47.5 Å². The maximum absolute atomic E-state index is 12.2. The number of nitrogens with zero attached hydrogens (tertiary/aromatic N) is 3. The molecule has 0 saturated carbocycles. The van der Waals surface area contributed by atoms with Gasteiger partial charge in [-0.25, -0.2) is 0 Å². The fraction of sp³-hybridized carbons (Fsp3) is 0.185. The fourth-order valence-electron chi connectivity index (χ4n) is 2.93. The summed E-state index contributed by atoms with van der Waals surface area (Å²) >= 11 is 12.0. The van der Waals surface area contributed by atoms with Gasteiger partial charge in [-0.2, -0.15) is 28.1 Å². The highest BCUT2D eigenvalue weighted by Crippen LogP contribution is 2.22. The number of alkyl halides is 3. The highest BCUT2D eigenvalue weighted by Gasteiger charge is 2.36. The molecule has 200 valence electrons. The number of rotatable bonds is 6. The number of ketones is 1. The predicted molar refractivity (Wildman–Crippen MR) is 148 cm³/mol. The molecule has 0 unspecified atom stereocenters. The molecule has 0 spiro atoms. The van der Waals surface area contributed by atoms with E-state index < -0.39 is 12.0 Å². The maximum Gasteiger partial charge on any atom is 0.455 e. The van der Waals surface area contributed by atoms with Gasteiger partial charge in [0, 0.05) is 15.6 Å². The summed E-state index contributed by atoms with van der Waals surface area (Å²) in [5.41, 5.74) is 6.51. The Bertz CT molecular complexity index is 1450. The van der Waals surface area contributed by atoms with Crippen LogP contribution in [-0.4, -0.2) is 28.0 Å². The molecule has 0 fully saturated rings. The molecular weight excluding hydrogens is 540 g/mol. The molecule has 0 atom stereocenters. The van der Waals surface area contributed by atoms with Crippen molar-refractivity contribution in [1.82, 2.24) is 9.78 Å². The van der Waals surface area contributed by atoms with Crippen molar-refractivity contribution < 1.29 is 18.0 Å². The SMILES string of the molecule is C/C=C/c1cc(-n2ncc(C)c(C)c2=O)ccc1Cl.C/C=C/c1cc(N/N=C\C(=O)C(F)(F)F)ccc1Cl. The standard InChI is InChI=1S/C15H15ClN2O.C12H10ClF3N2O/c1-4-5-12-8-13(6-7-14(12)16)18-15(19)11(3)10(2)9-17-18;1-2-3-8-6-9(4-5-10(8)13)18-17-7-11(19)12(14,15)16/h4-9H,1-3H3;2-7,18H,1H3/b5-4+;3-2+,17-7-. The van der Waals surface area contributed by atoms with E-state index in [1.807, 2.05) is 32.1 Å². The van der Waals surface area contributed by atoms with Crippen LogP contribution in [0.25, 0.3) is 17.8 Å². The summed E-state index contributed by atoms with van der Waals surface area (Å²) in [6.45, 7) is 7.40. The fourth-order valence-corrected chi connectivity index (χ4v) is 3.30. The lowest BCUT2D eigenvalue weighted by Crippen LogP contribution is -2.24. The van der Waals surface area contributed by atoms with E-state index in [-0.39, 0.29) is 11.8 Å². The molecule has 11 heteroatoms. The third-order valence-electron chi connectivity index (χ3n) is 5.04. The Morgan fingerprint density at radius 3 is 2.16 bits per heavy atom. The van der Waals surface area contributed by atoms with E-state index in [1.54, 1.807) is 56.5 Å². The first-order valence-electron chi connectivity index (χ1n) is 11.2. The molecule has 0 amide bonds. The largest absolute Gasteiger partial charge is 0.455 e. The number of anilines is 1. The van der Waals surface area contributed by atoms with E-state index in [2.05, 4.69) is 15.6 Å². The Kier molecular flexibility index (Phi) is 11.0. The number of hydrogen-bond acceptors (Lipinski definition) is 5. The number of nitrogens with one attached hydrogen (secondary N) is 1. The van der Waals surface area contributed by atoms with Crippen LogP contribution >= 0.6 is 23.2 Å². The van der Waals surface area contributed by atoms with Gasteiger partial charge < -0.3 is 0 Å². The summed E-state index contributed by atoms with van der Waals surface area (Å²) in [4.78, 5) is 22.7. The van der Waals surface area contributed by atoms with Crippen LogP contribution in [-0.2, 0) is 4.79 Å². The van der Waals surface area contributed by atoms with Gasteiger partial charge in [0.1, 0.15) is 0 Å². The number of halogens is 5. The molecule has 0 saturated heterocycles. The van der Waals surface area contributed by atoms with Crippen LogP contribution in [0, 0.1) is 13.8 Å². The Morgan fingerprint density at radius 1 is 1.00 bits per heavy atom. The quantitative estimate of drug-likeness (QED) is 0.249. The number of carbonyl (C=O) groups is 1. The molecule has 1 N–H and O–H groups in total. The van der Waals surface area contributed by atoms with Crippen molar-refractivity contribution in [2.45, 2.75) is 33.9 Å². The summed E-state index contributed by atoms with van der Waals surface area (Å²) in [5.74, 6) is -2.03. The van der Waals surface area contributed by atoms with Gasteiger partial charge in [-0.05, 0) is 80.8 Å². The van der Waals surface area contributed by atoms with Crippen molar-refractivity contribution in [3.05, 3.63) is 97.4 Å². The second kappa shape index (κ2) is 13.7. The van der Waals surface area contributed by atoms with Crippen LogP contribution in [0.15, 0.2) is 64.6 Å². The average molecular weight is 565 g/mol. The summed E-state index contributed by atoms with van der Waals surface area (Å²) in [6.07, 6.45) is 4.27. The van der Waals surface area contributed by atoms with Gasteiger partial charge in [0.2, 0.25) is 0 Å². The second-order valence-corrected chi connectivity index (χ2v) is 8.66. The Hall–Kier alpha value is -3.69. The van der Waals surface area contributed by atoms with Crippen LogP contribution in [0.1, 0.15) is 36.1 Å². The number of aryl methyl sites for hydroxylation is 1. The van der Waals surface area contributed by atoms with Crippen LogP contribution < -0.4 is 11.0 Å². The lowest BCUT2D eigenvalue weighted by molar-refractivity contribution is -0.162. The van der Waals surface area contributed by atoms with Crippen molar-refractivity contribution in [3.63, 3.8) is 0 Å². The van der Waals surface area contributed by atoms with Crippen LogP contribution in [0.5, 0.6) is 0 Å². The lowest BCUT2D eigenvalue weighted by atomic mass is 10.1. The molecule has 2 aromatic carbocycles. The highest BCUT2D eigenvalue weighted by molar-refractivity contribution is 6.32. The zero-order chi connectivity index (χ0) is 28.5. The molecule has 1 aromatic heterocycles. The second-order valence-electron chi connectivity index (χ2n) is 7.84. The first-order valence-corrected chi connectivity index (χ1v) is 11.9. The normalized spacial score (nSPS) is 11.7. The minimum absolute atomic E-state index is 0.103. The third-order valence-corrected chi connectivity index (χ3v) is 5.73. The number of allylic oxidation sites excluding steroid dienone is 2. The smallest absolute Gasteiger partial charge is 0.283 e. The van der Waals surface area contributed by atoms with E-state index in [0.717, 1.165) is 11.1 Å². The molecule has 3 aromatic rings. The van der Waals surface area contributed by atoms with Gasteiger partial charge in [-0.3, -0.25) is 15.0 Å². The number of benzene rings is 2. The van der Waals surface area contributed by atoms with E-state index in [4.69, 9.17) is 23.2 Å². The molecule has 6 nitrogen and oxygen atoms in total. The zero-order valence-electron chi connectivity index (χ0n) is 21.0. The molecule has 0 bridgehead atoms. The molecule has 38 heavy (non-hydrogen) atoms. The number of Topliss-reactive ketones (excluding diaryl/α,β-unsaturated/α-hetero) is 1. The molecule has 3 rings (SSSR count). The Labute approximate surface area is 228 Å². The summed E-state index contributed by atoms with van der Waals surface area (Å²) in [7, 11) is 0. The number of carbonyl (C=O) groups excluding carboxylic acids is 1. The van der Waals surface area contributed by atoms with E-state index >= 15 is 0 Å². The minimum Gasteiger partial charge on any atom is -0.283 e. The van der Waals surface area contributed by atoms with Crippen molar-refractivity contribution in [1.29, 1.82) is 0 Å². The van der Waals surface area contributed by atoms with Crippen LogP contribution in [0.4, 0.5) is 18.9 Å². The van der Waals surface area contributed by atoms with E-state index in [0.29, 0.717) is 32.5 Å².